The minimum atomic E-state index is -0.763. The van der Waals surface area contributed by atoms with Gasteiger partial charge in [0.15, 0.2) is 5.13 Å². The number of para-hydroxylation sites is 1. The molecule has 1 aromatic heterocycles. The number of nitrogens with one attached hydrogen (secondary N) is 2. The highest BCUT2D eigenvalue weighted by Gasteiger charge is 2.27. The number of benzene rings is 2. The molecule has 8 nitrogen and oxygen atoms in total. The minimum absolute atomic E-state index is 0.152. The Labute approximate surface area is 203 Å². The molecule has 0 spiro atoms. The van der Waals surface area contributed by atoms with Crippen molar-refractivity contribution in [1.29, 1.82) is 0 Å². The standard InChI is InChI=1S/C25H29N3O5S/c1-6-33-21-10-8-7-9-17(21)23(29)27-22(15(2)3)24(30)28-25-26-19(14-34-25)18-13-16(31-4)11-12-20(18)32-5/h7-15,22H,6H2,1-5H3,(H,27,29)(H,26,28,30)/t22-/m1/s1. The molecule has 180 valence electrons. The van der Waals surface area contributed by atoms with E-state index in [4.69, 9.17) is 14.2 Å². The number of carbonyl (C=O) groups excluding carboxylic acids is 2. The van der Waals surface area contributed by atoms with Gasteiger partial charge in [-0.15, -0.1) is 11.3 Å². The van der Waals surface area contributed by atoms with Crippen molar-refractivity contribution in [3.8, 4) is 28.5 Å². The molecule has 3 aromatic rings. The second-order valence-electron chi connectivity index (χ2n) is 7.72. The molecule has 2 N–H and O–H groups in total. The molecule has 2 aromatic carbocycles. The number of hydrogen-bond acceptors (Lipinski definition) is 7. The fraction of sp³-hybridized carbons (Fsp3) is 0.320. The van der Waals surface area contributed by atoms with Crippen LogP contribution in [0.15, 0.2) is 47.8 Å². The molecule has 0 radical (unpaired) electrons. The summed E-state index contributed by atoms with van der Waals surface area (Å²) in [6, 6.07) is 11.6. The van der Waals surface area contributed by atoms with Crippen molar-refractivity contribution < 1.29 is 23.8 Å². The molecule has 0 fully saturated rings. The van der Waals surface area contributed by atoms with Gasteiger partial charge in [-0.25, -0.2) is 4.98 Å². The van der Waals surface area contributed by atoms with E-state index in [0.717, 1.165) is 5.56 Å². The molecular weight excluding hydrogens is 454 g/mol. The van der Waals surface area contributed by atoms with Crippen molar-refractivity contribution in [3.05, 3.63) is 53.4 Å². The van der Waals surface area contributed by atoms with Gasteiger partial charge in [0.1, 0.15) is 23.3 Å². The molecule has 9 heteroatoms. The van der Waals surface area contributed by atoms with Gasteiger partial charge >= 0.3 is 0 Å². The molecule has 0 bridgehead atoms. The maximum atomic E-state index is 13.1. The fourth-order valence-corrected chi connectivity index (χ4v) is 4.06. The number of thiazole rings is 1. The highest BCUT2D eigenvalue weighted by Crippen LogP contribution is 2.35. The van der Waals surface area contributed by atoms with Gasteiger partial charge in [-0.2, -0.15) is 0 Å². The van der Waals surface area contributed by atoms with Crippen LogP contribution in [0.4, 0.5) is 5.13 Å². The van der Waals surface area contributed by atoms with Crippen LogP contribution >= 0.6 is 11.3 Å². The van der Waals surface area contributed by atoms with Gasteiger partial charge in [-0.3, -0.25) is 9.59 Å². The van der Waals surface area contributed by atoms with Gasteiger partial charge in [-0.05, 0) is 43.2 Å². The number of aromatic nitrogens is 1. The Kier molecular flexibility index (Phi) is 8.48. The van der Waals surface area contributed by atoms with E-state index in [1.54, 1.807) is 50.6 Å². The van der Waals surface area contributed by atoms with Crippen LogP contribution in [0.25, 0.3) is 11.3 Å². The summed E-state index contributed by atoms with van der Waals surface area (Å²) < 4.78 is 16.3. The Balaban J connectivity index is 1.77. The van der Waals surface area contributed by atoms with Gasteiger partial charge in [0.05, 0.1) is 32.1 Å². The lowest BCUT2D eigenvalue weighted by molar-refractivity contribution is -0.118. The summed E-state index contributed by atoms with van der Waals surface area (Å²) in [4.78, 5) is 30.5. The van der Waals surface area contributed by atoms with Crippen molar-refractivity contribution in [2.75, 3.05) is 26.1 Å². The van der Waals surface area contributed by atoms with E-state index >= 15 is 0 Å². The number of amides is 2. The summed E-state index contributed by atoms with van der Waals surface area (Å²) in [5, 5.41) is 7.90. The van der Waals surface area contributed by atoms with E-state index in [0.29, 0.717) is 40.2 Å². The quantitative estimate of drug-likeness (QED) is 0.437. The normalized spacial score (nSPS) is 11.6. The third kappa shape index (κ3) is 5.85. The van der Waals surface area contributed by atoms with Crippen molar-refractivity contribution in [2.24, 2.45) is 5.92 Å². The first-order valence-corrected chi connectivity index (χ1v) is 11.8. The van der Waals surface area contributed by atoms with Crippen molar-refractivity contribution in [3.63, 3.8) is 0 Å². The molecule has 34 heavy (non-hydrogen) atoms. The van der Waals surface area contributed by atoms with Gasteiger partial charge in [0.25, 0.3) is 5.91 Å². The number of anilines is 1. The first-order valence-electron chi connectivity index (χ1n) is 10.9. The predicted molar refractivity (Wildman–Crippen MR) is 133 cm³/mol. The zero-order valence-corrected chi connectivity index (χ0v) is 20.7. The Hall–Kier alpha value is -3.59. The second kappa shape index (κ2) is 11.5. The second-order valence-corrected chi connectivity index (χ2v) is 8.58. The highest BCUT2D eigenvalue weighted by atomic mass is 32.1. The molecule has 0 unspecified atom stereocenters. The zero-order chi connectivity index (χ0) is 24.7. The smallest absolute Gasteiger partial charge is 0.255 e. The van der Waals surface area contributed by atoms with Crippen LogP contribution in [0.2, 0.25) is 0 Å². The molecular formula is C25H29N3O5S. The zero-order valence-electron chi connectivity index (χ0n) is 19.9. The maximum Gasteiger partial charge on any atom is 0.255 e. The molecule has 0 saturated heterocycles. The summed E-state index contributed by atoms with van der Waals surface area (Å²) in [7, 11) is 3.17. The molecule has 0 aliphatic heterocycles. The number of hydrogen-bond donors (Lipinski definition) is 2. The van der Waals surface area contributed by atoms with Gasteiger partial charge in [-0.1, -0.05) is 26.0 Å². The SMILES string of the molecule is CCOc1ccccc1C(=O)N[C@@H](C(=O)Nc1nc(-c2cc(OC)ccc2OC)cs1)C(C)C. The van der Waals surface area contributed by atoms with E-state index in [1.165, 1.54) is 11.3 Å². The molecule has 1 heterocycles. The summed E-state index contributed by atoms with van der Waals surface area (Å²) in [5.41, 5.74) is 1.77. The third-order valence-electron chi connectivity index (χ3n) is 5.08. The van der Waals surface area contributed by atoms with Gasteiger partial charge in [0.2, 0.25) is 5.91 Å². The van der Waals surface area contributed by atoms with E-state index in [9.17, 15) is 9.59 Å². The molecule has 1 atom stereocenters. The molecule has 2 amide bonds. The minimum Gasteiger partial charge on any atom is -0.497 e. The number of rotatable bonds is 10. The first-order chi connectivity index (χ1) is 16.4. The number of methoxy groups -OCH3 is 2. The van der Waals surface area contributed by atoms with E-state index in [-0.39, 0.29) is 17.7 Å². The van der Waals surface area contributed by atoms with E-state index in [1.807, 2.05) is 32.2 Å². The van der Waals surface area contributed by atoms with Crippen molar-refractivity contribution >= 4 is 28.3 Å². The summed E-state index contributed by atoms with van der Waals surface area (Å²) in [6.45, 7) is 6.02. The van der Waals surface area contributed by atoms with Crippen LogP contribution in [0.1, 0.15) is 31.1 Å². The van der Waals surface area contributed by atoms with Crippen molar-refractivity contribution in [1.82, 2.24) is 10.3 Å². The van der Waals surface area contributed by atoms with Crippen LogP contribution < -0.4 is 24.8 Å². The Morgan fingerprint density at radius 2 is 1.82 bits per heavy atom. The number of ether oxygens (including phenoxy) is 3. The lowest BCUT2D eigenvalue weighted by Gasteiger charge is -2.21. The third-order valence-corrected chi connectivity index (χ3v) is 5.84. The van der Waals surface area contributed by atoms with Crippen LogP contribution in [-0.2, 0) is 4.79 Å². The van der Waals surface area contributed by atoms with Crippen LogP contribution in [0.5, 0.6) is 17.2 Å². The molecule has 3 rings (SSSR count). The Morgan fingerprint density at radius 1 is 1.06 bits per heavy atom. The van der Waals surface area contributed by atoms with Crippen molar-refractivity contribution in [2.45, 2.75) is 26.8 Å². The van der Waals surface area contributed by atoms with Crippen LogP contribution in [-0.4, -0.2) is 43.7 Å². The lowest BCUT2D eigenvalue weighted by atomic mass is 10.0. The lowest BCUT2D eigenvalue weighted by Crippen LogP contribution is -2.47. The van der Waals surface area contributed by atoms with E-state index < -0.39 is 6.04 Å². The maximum absolute atomic E-state index is 13.1. The first kappa shape index (κ1) is 25.0. The average Bonchev–Trinajstić information content (AvgIpc) is 3.30. The van der Waals surface area contributed by atoms with Crippen LogP contribution in [0, 0.1) is 5.92 Å². The van der Waals surface area contributed by atoms with Gasteiger partial charge in [0, 0.05) is 10.9 Å². The monoisotopic (exact) mass is 483 g/mol. The molecule has 0 aliphatic rings. The number of nitrogens with zero attached hydrogens (tertiary/aromatic N) is 1. The predicted octanol–water partition coefficient (Wildman–Crippen LogP) is 4.62. The molecule has 0 saturated carbocycles. The molecule has 0 aliphatic carbocycles. The van der Waals surface area contributed by atoms with Crippen LogP contribution in [0.3, 0.4) is 0 Å². The Morgan fingerprint density at radius 3 is 2.50 bits per heavy atom. The Bertz CT molecular complexity index is 1150. The average molecular weight is 484 g/mol. The van der Waals surface area contributed by atoms with E-state index in [2.05, 4.69) is 15.6 Å². The summed E-state index contributed by atoms with van der Waals surface area (Å²) in [6.07, 6.45) is 0. The topological polar surface area (TPSA) is 98.8 Å². The summed E-state index contributed by atoms with van der Waals surface area (Å²) >= 11 is 1.29. The number of carbonyl (C=O) groups is 2. The highest BCUT2D eigenvalue weighted by molar-refractivity contribution is 7.14. The van der Waals surface area contributed by atoms with Gasteiger partial charge < -0.3 is 24.8 Å². The fourth-order valence-electron chi connectivity index (χ4n) is 3.34. The summed E-state index contributed by atoms with van der Waals surface area (Å²) in [5.74, 6) is 0.909. The largest absolute Gasteiger partial charge is 0.497 e.